The number of allylic oxidation sites excluding steroid dienone is 1. The standard InChI is InChI=1S/C8H14N2O3S/c1-7(9)4-5-10-8(11)3-2-6-14(12)13/h4-5H,1-3,6,9H2,(H,10,11)(H,12,13)/b5-4+. The molecule has 0 fully saturated rings. The van der Waals surface area contributed by atoms with Gasteiger partial charge in [-0.1, -0.05) is 6.58 Å². The molecule has 0 aromatic carbocycles. The zero-order valence-electron chi connectivity index (χ0n) is 7.73. The van der Waals surface area contributed by atoms with Crippen LogP contribution in [-0.4, -0.2) is 20.4 Å². The second-order valence-corrected chi connectivity index (χ2v) is 3.66. The van der Waals surface area contributed by atoms with Gasteiger partial charge in [0, 0.05) is 24.1 Å². The summed E-state index contributed by atoms with van der Waals surface area (Å²) in [6, 6.07) is 0. The zero-order chi connectivity index (χ0) is 11.0. The number of rotatable bonds is 6. The van der Waals surface area contributed by atoms with E-state index in [1.165, 1.54) is 12.3 Å². The van der Waals surface area contributed by atoms with Crippen LogP contribution in [0.4, 0.5) is 0 Å². The Kier molecular flexibility index (Phi) is 6.69. The Morgan fingerprint density at radius 3 is 2.79 bits per heavy atom. The number of hydrogen-bond donors (Lipinski definition) is 3. The zero-order valence-corrected chi connectivity index (χ0v) is 8.55. The first-order chi connectivity index (χ1) is 6.52. The van der Waals surface area contributed by atoms with Crippen molar-refractivity contribution >= 4 is 17.0 Å². The minimum absolute atomic E-state index is 0.112. The van der Waals surface area contributed by atoms with Crippen LogP contribution in [0.3, 0.4) is 0 Å². The van der Waals surface area contributed by atoms with Gasteiger partial charge in [-0.05, 0) is 12.5 Å². The molecule has 0 bridgehead atoms. The molecule has 0 aliphatic rings. The second kappa shape index (κ2) is 7.28. The van der Waals surface area contributed by atoms with Crippen molar-refractivity contribution in [1.29, 1.82) is 0 Å². The molecular weight excluding hydrogens is 204 g/mol. The molecule has 0 spiro atoms. The average Bonchev–Trinajstić information content (AvgIpc) is 2.02. The molecule has 0 heterocycles. The first kappa shape index (κ1) is 12.9. The number of nitrogens with one attached hydrogen (secondary N) is 1. The topological polar surface area (TPSA) is 92.4 Å². The van der Waals surface area contributed by atoms with Gasteiger partial charge in [0.05, 0.1) is 0 Å². The smallest absolute Gasteiger partial charge is 0.223 e. The van der Waals surface area contributed by atoms with E-state index in [-0.39, 0.29) is 18.1 Å². The van der Waals surface area contributed by atoms with Crippen LogP contribution < -0.4 is 11.1 Å². The van der Waals surface area contributed by atoms with Gasteiger partial charge in [0.15, 0.2) is 11.1 Å². The molecule has 0 aliphatic heterocycles. The maximum absolute atomic E-state index is 11.0. The van der Waals surface area contributed by atoms with E-state index in [2.05, 4.69) is 11.9 Å². The third kappa shape index (κ3) is 8.95. The number of carbonyl (C=O) groups excluding carboxylic acids is 1. The fourth-order valence-corrected chi connectivity index (χ4v) is 1.06. The van der Waals surface area contributed by atoms with E-state index in [4.69, 9.17) is 10.3 Å². The van der Waals surface area contributed by atoms with E-state index in [0.29, 0.717) is 12.1 Å². The lowest BCUT2D eigenvalue weighted by molar-refractivity contribution is -0.120. The van der Waals surface area contributed by atoms with Gasteiger partial charge in [-0.3, -0.25) is 4.79 Å². The lowest BCUT2D eigenvalue weighted by Gasteiger charge is -1.98. The van der Waals surface area contributed by atoms with Crippen molar-refractivity contribution < 1.29 is 13.6 Å². The largest absolute Gasteiger partial charge is 0.399 e. The molecule has 4 N–H and O–H groups in total. The Morgan fingerprint density at radius 1 is 1.64 bits per heavy atom. The van der Waals surface area contributed by atoms with Crippen LogP contribution in [-0.2, 0) is 15.9 Å². The molecule has 0 aliphatic carbocycles. The van der Waals surface area contributed by atoms with Crippen molar-refractivity contribution in [3.8, 4) is 0 Å². The molecule has 1 amide bonds. The Morgan fingerprint density at radius 2 is 2.29 bits per heavy atom. The maximum Gasteiger partial charge on any atom is 0.223 e. The highest BCUT2D eigenvalue weighted by atomic mass is 32.2. The van der Waals surface area contributed by atoms with Gasteiger partial charge < -0.3 is 15.6 Å². The average molecular weight is 218 g/mol. The lowest BCUT2D eigenvalue weighted by atomic mass is 10.3. The number of nitrogens with two attached hydrogens (primary N) is 1. The van der Waals surface area contributed by atoms with Crippen LogP contribution in [0, 0.1) is 0 Å². The molecule has 14 heavy (non-hydrogen) atoms. The van der Waals surface area contributed by atoms with Gasteiger partial charge in [0.25, 0.3) is 0 Å². The number of amides is 1. The van der Waals surface area contributed by atoms with Crippen LogP contribution in [0.5, 0.6) is 0 Å². The fraction of sp³-hybridized carbons (Fsp3) is 0.375. The van der Waals surface area contributed by atoms with E-state index in [0.717, 1.165) is 0 Å². The maximum atomic E-state index is 11.0. The summed E-state index contributed by atoms with van der Waals surface area (Å²) in [6.07, 6.45) is 3.45. The number of hydrogen-bond acceptors (Lipinski definition) is 3. The highest BCUT2D eigenvalue weighted by molar-refractivity contribution is 7.79. The van der Waals surface area contributed by atoms with Gasteiger partial charge in [0.1, 0.15) is 0 Å². The molecule has 0 saturated heterocycles. The Bertz CT molecular complexity index is 263. The normalized spacial score (nSPS) is 12.6. The molecule has 6 heteroatoms. The van der Waals surface area contributed by atoms with Crippen LogP contribution >= 0.6 is 0 Å². The molecule has 0 rings (SSSR count). The SMILES string of the molecule is C=C(N)/C=C/NC(=O)CCCS(=O)O. The fourth-order valence-electron chi connectivity index (χ4n) is 0.670. The van der Waals surface area contributed by atoms with Gasteiger partial charge in [-0.2, -0.15) is 0 Å². The summed E-state index contributed by atoms with van der Waals surface area (Å²) in [6.45, 7) is 3.40. The van der Waals surface area contributed by atoms with E-state index in [1.807, 2.05) is 0 Å². The predicted molar refractivity (Wildman–Crippen MR) is 55.5 cm³/mol. The lowest BCUT2D eigenvalue weighted by Crippen LogP contribution is -2.17. The third-order valence-electron chi connectivity index (χ3n) is 1.26. The second-order valence-electron chi connectivity index (χ2n) is 2.60. The van der Waals surface area contributed by atoms with Crippen molar-refractivity contribution in [1.82, 2.24) is 5.32 Å². The molecule has 0 aromatic rings. The summed E-state index contributed by atoms with van der Waals surface area (Å²) in [5.41, 5.74) is 5.56. The molecule has 1 unspecified atom stereocenters. The Hall–Kier alpha value is -1.14. The summed E-state index contributed by atoms with van der Waals surface area (Å²) in [5, 5.41) is 2.45. The summed E-state index contributed by atoms with van der Waals surface area (Å²) in [4.78, 5) is 11.0. The van der Waals surface area contributed by atoms with Crippen LogP contribution in [0.2, 0.25) is 0 Å². The Labute approximate surface area is 85.3 Å². The van der Waals surface area contributed by atoms with Gasteiger partial charge in [-0.25, -0.2) is 4.21 Å². The summed E-state index contributed by atoms with van der Waals surface area (Å²) in [5.74, 6) is -0.103. The molecule has 0 radical (unpaired) electrons. The van der Waals surface area contributed by atoms with E-state index in [9.17, 15) is 9.00 Å². The monoisotopic (exact) mass is 218 g/mol. The van der Waals surface area contributed by atoms with Gasteiger partial charge >= 0.3 is 0 Å². The first-order valence-electron chi connectivity index (χ1n) is 4.00. The van der Waals surface area contributed by atoms with E-state index >= 15 is 0 Å². The van der Waals surface area contributed by atoms with E-state index < -0.39 is 11.1 Å². The van der Waals surface area contributed by atoms with Crippen molar-refractivity contribution in [3.05, 3.63) is 24.6 Å². The predicted octanol–water partition coefficient (Wildman–Crippen LogP) is 0.0906. The highest BCUT2D eigenvalue weighted by Crippen LogP contribution is 1.91. The Balaban J connectivity index is 3.56. The molecule has 1 atom stereocenters. The molecule has 80 valence electrons. The van der Waals surface area contributed by atoms with Crippen molar-refractivity contribution in [2.24, 2.45) is 5.73 Å². The number of carbonyl (C=O) groups is 1. The molecule has 0 aromatic heterocycles. The summed E-state index contributed by atoms with van der Waals surface area (Å²) >= 11 is -1.83. The van der Waals surface area contributed by atoms with Gasteiger partial charge in [0.2, 0.25) is 5.91 Å². The van der Waals surface area contributed by atoms with Crippen LogP contribution in [0.15, 0.2) is 24.6 Å². The van der Waals surface area contributed by atoms with Crippen molar-refractivity contribution in [3.63, 3.8) is 0 Å². The van der Waals surface area contributed by atoms with Crippen molar-refractivity contribution in [2.75, 3.05) is 5.75 Å². The van der Waals surface area contributed by atoms with Crippen molar-refractivity contribution in [2.45, 2.75) is 12.8 Å². The summed E-state index contributed by atoms with van der Waals surface area (Å²) < 4.78 is 18.6. The van der Waals surface area contributed by atoms with E-state index in [1.54, 1.807) is 0 Å². The first-order valence-corrected chi connectivity index (χ1v) is 5.27. The molecule has 0 saturated carbocycles. The van der Waals surface area contributed by atoms with Crippen LogP contribution in [0.1, 0.15) is 12.8 Å². The molecular formula is C8H14N2O3S. The van der Waals surface area contributed by atoms with Gasteiger partial charge in [-0.15, -0.1) is 0 Å². The third-order valence-corrected chi connectivity index (χ3v) is 1.90. The van der Waals surface area contributed by atoms with Crippen LogP contribution in [0.25, 0.3) is 0 Å². The molecule has 5 nitrogen and oxygen atoms in total. The minimum Gasteiger partial charge on any atom is -0.399 e. The minimum atomic E-state index is -1.83. The highest BCUT2D eigenvalue weighted by Gasteiger charge is 1.99. The quantitative estimate of drug-likeness (QED) is 0.435. The summed E-state index contributed by atoms with van der Waals surface area (Å²) in [7, 11) is 0.